The number of hydrogen-bond donors (Lipinski definition) is 1. The van der Waals surface area contributed by atoms with Crippen LogP contribution in [0.1, 0.15) is 44.1 Å². The fourth-order valence-electron chi connectivity index (χ4n) is 3.11. The summed E-state index contributed by atoms with van der Waals surface area (Å²) in [6, 6.07) is 10.2. The van der Waals surface area contributed by atoms with E-state index in [9.17, 15) is 0 Å². The van der Waals surface area contributed by atoms with Crippen molar-refractivity contribution >= 4 is 39.6 Å². The molecule has 0 aliphatic carbocycles. The van der Waals surface area contributed by atoms with Crippen molar-refractivity contribution in [2.24, 2.45) is 0 Å². The van der Waals surface area contributed by atoms with Gasteiger partial charge in [-0.2, -0.15) is 11.3 Å². The summed E-state index contributed by atoms with van der Waals surface area (Å²) in [6.07, 6.45) is 10.9. The molecule has 0 fully saturated rings. The zero-order valence-corrected chi connectivity index (χ0v) is 23.0. The van der Waals surface area contributed by atoms with Gasteiger partial charge in [-0.3, -0.25) is 0 Å². The summed E-state index contributed by atoms with van der Waals surface area (Å²) < 4.78 is 5.79. The summed E-state index contributed by atoms with van der Waals surface area (Å²) in [4.78, 5) is 7.80. The molecule has 0 amide bonds. The van der Waals surface area contributed by atoms with E-state index < -0.39 is 0 Å². The van der Waals surface area contributed by atoms with Crippen molar-refractivity contribution < 1.29 is 4.74 Å². The molecule has 3 aromatic rings. The summed E-state index contributed by atoms with van der Waals surface area (Å²) in [7, 11) is 0. The van der Waals surface area contributed by atoms with E-state index in [-0.39, 0.29) is 0 Å². The molecule has 0 bridgehead atoms. The fourth-order valence-corrected chi connectivity index (χ4v) is 4.56. The SMILES string of the molecule is C=C(CC)CCc1ccsc1.C=C/C=C/c1cnc(Nc2ccc(OCCN(CC)CC)cc2)s1. The number of nitrogens with zero attached hydrogens (tertiary/aromatic N) is 2. The van der Waals surface area contributed by atoms with E-state index in [0.29, 0.717) is 6.61 Å². The number of hydrogen-bond acceptors (Lipinski definition) is 6. The average molecular weight is 510 g/mol. The van der Waals surface area contributed by atoms with Crippen LogP contribution in [0.2, 0.25) is 0 Å². The Morgan fingerprint density at radius 2 is 1.91 bits per heavy atom. The molecule has 0 radical (unpaired) electrons. The molecular weight excluding hydrogens is 470 g/mol. The third-order valence-electron chi connectivity index (χ3n) is 5.44. The summed E-state index contributed by atoms with van der Waals surface area (Å²) in [6.45, 7) is 17.9. The molecule has 1 aromatic carbocycles. The molecule has 0 aliphatic heterocycles. The number of aromatic nitrogens is 1. The van der Waals surface area contributed by atoms with Crippen molar-refractivity contribution in [2.45, 2.75) is 40.0 Å². The minimum Gasteiger partial charge on any atom is -0.492 e. The molecule has 6 heteroatoms. The topological polar surface area (TPSA) is 37.4 Å². The highest BCUT2D eigenvalue weighted by Gasteiger charge is 2.02. The van der Waals surface area contributed by atoms with E-state index >= 15 is 0 Å². The van der Waals surface area contributed by atoms with E-state index in [1.807, 2.05) is 42.6 Å². The van der Waals surface area contributed by atoms with Crippen LogP contribution in [-0.4, -0.2) is 36.1 Å². The smallest absolute Gasteiger partial charge is 0.187 e. The molecule has 2 aromatic heterocycles. The van der Waals surface area contributed by atoms with Gasteiger partial charge in [-0.15, -0.1) is 0 Å². The maximum absolute atomic E-state index is 5.79. The van der Waals surface area contributed by atoms with Gasteiger partial charge >= 0.3 is 0 Å². The second-order valence-electron chi connectivity index (χ2n) is 7.92. The van der Waals surface area contributed by atoms with Gasteiger partial charge < -0.3 is 15.0 Å². The molecule has 0 unspecified atom stereocenters. The predicted octanol–water partition coefficient (Wildman–Crippen LogP) is 8.45. The Bertz CT molecular complexity index is 1000. The molecule has 1 N–H and O–H groups in total. The van der Waals surface area contributed by atoms with Crippen LogP contribution in [0.5, 0.6) is 5.75 Å². The Kier molecular flexibility index (Phi) is 13.8. The fraction of sp³-hybridized carbons (Fsp3) is 0.345. The second kappa shape index (κ2) is 16.9. The van der Waals surface area contributed by atoms with Crippen molar-refractivity contribution in [3.63, 3.8) is 0 Å². The first-order valence-electron chi connectivity index (χ1n) is 12.2. The van der Waals surface area contributed by atoms with Crippen LogP contribution >= 0.6 is 22.7 Å². The number of likely N-dealkylation sites (N-methyl/N-ethyl adjacent to an activating group) is 1. The Morgan fingerprint density at radius 1 is 1.14 bits per heavy atom. The zero-order valence-electron chi connectivity index (χ0n) is 21.3. The van der Waals surface area contributed by atoms with Gasteiger partial charge in [0.05, 0.1) is 0 Å². The van der Waals surface area contributed by atoms with E-state index in [2.05, 4.69) is 66.0 Å². The van der Waals surface area contributed by atoms with E-state index in [0.717, 1.165) is 60.3 Å². The maximum atomic E-state index is 5.79. The van der Waals surface area contributed by atoms with Gasteiger partial charge in [0, 0.05) is 23.3 Å². The van der Waals surface area contributed by atoms with Gasteiger partial charge in [-0.05, 0) is 85.1 Å². The van der Waals surface area contributed by atoms with Gasteiger partial charge in [0.1, 0.15) is 12.4 Å². The van der Waals surface area contributed by atoms with Crippen molar-refractivity contribution in [1.82, 2.24) is 9.88 Å². The highest BCUT2D eigenvalue weighted by atomic mass is 32.1. The van der Waals surface area contributed by atoms with Gasteiger partial charge in [0.25, 0.3) is 0 Å². The third-order valence-corrected chi connectivity index (χ3v) is 7.05. The Balaban J connectivity index is 0.000000328. The lowest BCUT2D eigenvalue weighted by molar-refractivity contribution is 0.223. The minimum atomic E-state index is 0.708. The number of thiazole rings is 1. The molecule has 0 aliphatic rings. The second-order valence-corrected chi connectivity index (χ2v) is 9.76. The molecule has 4 nitrogen and oxygen atoms in total. The number of allylic oxidation sites excluding steroid dienone is 3. The van der Waals surface area contributed by atoms with Crippen molar-refractivity contribution in [3.05, 3.63) is 88.6 Å². The molecule has 0 atom stereocenters. The van der Waals surface area contributed by atoms with Crippen LogP contribution in [-0.2, 0) is 6.42 Å². The maximum Gasteiger partial charge on any atom is 0.187 e. The summed E-state index contributed by atoms with van der Waals surface area (Å²) in [5.74, 6) is 0.890. The number of thiophene rings is 1. The van der Waals surface area contributed by atoms with Crippen molar-refractivity contribution in [3.8, 4) is 5.75 Å². The summed E-state index contributed by atoms with van der Waals surface area (Å²) >= 11 is 3.37. The van der Waals surface area contributed by atoms with Crippen LogP contribution in [0.4, 0.5) is 10.8 Å². The Labute approximate surface area is 219 Å². The largest absolute Gasteiger partial charge is 0.492 e. The molecular formula is C29H39N3OS2. The number of aryl methyl sites for hydroxylation is 1. The summed E-state index contributed by atoms with van der Waals surface area (Å²) in [5.41, 5.74) is 3.81. The number of benzene rings is 1. The monoisotopic (exact) mass is 509 g/mol. The molecule has 3 rings (SSSR count). The van der Waals surface area contributed by atoms with Crippen LogP contribution < -0.4 is 10.1 Å². The lowest BCUT2D eigenvalue weighted by atomic mass is 10.1. The molecule has 0 saturated heterocycles. The van der Waals surface area contributed by atoms with Crippen LogP contribution in [0.3, 0.4) is 0 Å². The number of rotatable bonds is 14. The number of ether oxygens (including phenoxy) is 1. The van der Waals surface area contributed by atoms with Crippen LogP contribution in [0, 0.1) is 0 Å². The first-order chi connectivity index (χ1) is 17.1. The minimum absolute atomic E-state index is 0.708. The van der Waals surface area contributed by atoms with Gasteiger partial charge in [-0.1, -0.05) is 63.0 Å². The van der Waals surface area contributed by atoms with Crippen molar-refractivity contribution in [1.29, 1.82) is 0 Å². The average Bonchev–Trinajstić information content (AvgIpc) is 3.57. The standard InChI is InChI=1S/C19H25N3OS.C10H14S/c1-4-7-8-18-15-20-19(24-18)21-16-9-11-17(12-10-16)23-14-13-22(5-2)6-3;1-3-9(2)4-5-10-6-7-11-8-10/h4,7-12,15H,1,5-6,13-14H2,2-3H3,(H,20,21);6-8H,2-5H2,1H3/b8-7+;. The first kappa shape index (κ1) is 28.6. The van der Waals surface area contributed by atoms with Crippen LogP contribution in [0.25, 0.3) is 6.08 Å². The van der Waals surface area contributed by atoms with Gasteiger partial charge in [0.2, 0.25) is 0 Å². The quantitative estimate of drug-likeness (QED) is 0.175. The number of anilines is 2. The molecule has 0 saturated carbocycles. The number of nitrogens with one attached hydrogen (secondary N) is 1. The zero-order chi connectivity index (χ0) is 25.3. The van der Waals surface area contributed by atoms with E-state index in [4.69, 9.17) is 4.74 Å². The van der Waals surface area contributed by atoms with Crippen LogP contribution in [0.15, 0.2) is 78.2 Å². The first-order valence-corrected chi connectivity index (χ1v) is 14.0. The lowest BCUT2D eigenvalue weighted by Crippen LogP contribution is -2.27. The third kappa shape index (κ3) is 11.5. The Morgan fingerprint density at radius 3 is 2.54 bits per heavy atom. The highest BCUT2D eigenvalue weighted by molar-refractivity contribution is 7.16. The molecule has 2 heterocycles. The van der Waals surface area contributed by atoms with Gasteiger partial charge in [0.15, 0.2) is 5.13 Å². The summed E-state index contributed by atoms with van der Waals surface area (Å²) in [5, 5.41) is 8.51. The Hall–Kier alpha value is -2.67. The normalized spacial score (nSPS) is 10.7. The lowest BCUT2D eigenvalue weighted by Gasteiger charge is -2.18. The molecule has 0 spiro atoms. The van der Waals surface area contributed by atoms with E-state index in [1.54, 1.807) is 28.7 Å². The van der Waals surface area contributed by atoms with Crippen molar-refractivity contribution in [2.75, 3.05) is 31.6 Å². The molecule has 35 heavy (non-hydrogen) atoms. The highest BCUT2D eigenvalue weighted by Crippen LogP contribution is 2.25. The molecule has 188 valence electrons. The predicted molar refractivity (Wildman–Crippen MR) is 156 cm³/mol. The van der Waals surface area contributed by atoms with Gasteiger partial charge in [-0.25, -0.2) is 4.98 Å². The van der Waals surface area contributed by atoms with E-state index in [1.165, 1.54) is 11.1 Å².